The van der Waals surface area contributed by atoms with Crippen molar-refractivity contribution in [1.29, 1.82) is 0 Å². The lowest BCUT2D eigenvalue weighted by atomic mass is 10.0. The molecule has 1 heterocycles. The van der Waals surface area contributed by atoms with Gasteiger partial charge < -0.3 is 4.42 Å². The Kier molecular flexibility index (Phi) is 5.12. The van der Waals surface area contributed by atoms with Crippen LogP contribution in [0.1, 0.15) is 28.5 Å². The fourth-order valence-electron chi connectivity index (χ4n) is 2.55. The summed E-state index contributed by atoms with van der Waals surface area (Å²) in [5.74, 6) is 0.269. The molecule has 1 aromatic heterocycles. The maximum absolute atomic E-state index is 12.8. The van der Waals surface area contributed by atoms with Crippen LogP contribution in [0.3, 0.4) is 0 Å². The van der Waals surface area contributed by atoms with Gasteiger partial charge in [-0.15, -0.1) is 0 Å². The molecule has 0 aliphatic carbocycles. The lowest BCUT2D eigenvalue weighted by Gasteiger charge is -2.18. The van der Waals surface area contributed by atoms with Gasteiger partial charge in [0.1, 0.15) is 11.8 Å². The van der Waals surface area contributed by atoms with E-state index in [2.05, 4.69) is 4.72 Å². The molecule has 0 aliphatic rings. The van der Waals surface area contributed by atoms with Crippen molar-refractivity contribution in [3.05, 3.63) is 89.4 Å². The van der Waals surface area contributed by atoms with Crippen LogP contribution in [0.2, 0.25) is 0 Å². The highest BCUT2D eigenvalue weighted by molar-refractivity contribution is 7.89. The fraction of sp³-hybridized carbons (Fsp3) is 0.158. The van der Waals surface area contributed by atoms with E-state index in [-0.39, 0.29) is 10.7 Å². The minimum atomic E-state index is -4.47. The number of alkyl halides is 3. The summed E-state index contributed by atoms with van der Waals surface area (Å²) in [6.45, 7) is 1.83. The Morgan fingerprint density at radius 3 is 2.11 bits per heavy atom. The Balaban J connectivity index is 1.97. The van der Waals surface area contributed by atoms with Gasteiger partial charge in [0.2, 0.25) is 10.0 Å². The standard InChI is InChI=1S/C19H16F3NO3S/c1-13-4-10-16(11-5-13)27(24,25)23-18(17-3-2-12-26-17)14-6-8-15(9-7-14)19(20,21)22/h2-12,18,23H,1H3/t18-/m0/s1. The molecule has 1 N–H and O–H groups in total. The molecule has 0 saturated carbocycles. The minimum absolute atomic E-state index is 0.0524. The quantitative estimate of drug-likeness (QED) is 0.683. The van der Waals surface area contributed by atoms with Crippen LogP contribution < -0.4 is 4.72 Å². The van der Waals surface area contributed by atoms with Crippen molar-refractivity contribution < 1.29 is 26.0 Å². The van der Waals surface area contributed by atoms with Gasteiger partial charge in [0.15, 0.2) is 0 Å². The summed E-state index contributed by atoms with van der Waals surface area (Å²) in [5.41, 5.74) is 0.416. The van der Waals surface area contributed by atoms with Gasteiger partial charge in [-0.3, -0.25) is 0 Å². The third-order valence-electron chi connectivity index (χ3n) is 4.00. The van der Waals surface area contributed by atoms with E-state index in [4.69, 9.17) is 4.42 Å². The molecular weight excluding hydrogens is 379 g/mol. The Morgan fingerprint density at radius 1 is 0.963 bits per heavy atom. The number of halogens is 3. The van der Waals surface area contributed by atoms with E-state index in [9.17, 15) is 21.6 Å². The van der Waals surface area contributed by atoms with Crippen molar-refractivity contribution in [2.24, 2.45) is 0 Å². The highest BCUT2D eigenvalue weighted by atomic mass is 32.2. The fourth-order valence-corrected chi connectivity index (χ4v) is 3.74. The smallest absolute Gasteiger partial charge is 0.416 e. The molecule has 4 nitrogen and oxygen atoms in total. The molecule has 8 heteroatoms. The number of hydrogen-bond donors (Lipinski definition) is 1. The molecule has 1 atom stereocenters. The molecule has 2 aromatic carbocycles. The molecule has 0 fully saturated rings. The third kappa shape index (κ3) is 4.40. The first-order valence-corrected chi connectivity index (χ1v) is 9.45. The summed E-state index contributed by atoms with van der Waals surface area (Å²) in [7, 11) is -3.92. The molecule has 0 aliphatic heterocycles. The van der Waals surface area contributed by atoms with Crippen molar-refractivity contribution in [1.82, 2.24) is 4.72 Å². The number of nitrogens with one attached hydrogen (secondary N) is 1. The summed E-state index contributed by atoms with van der Waals surface area (Å²) >= 11 is 0. The summed E-state index contributed by atoms with van der Waals surface area (Å²) in [5, 5.41) is 0. The van der Waals surface area contributed by atoms with E-state index in [0.717, 1.165) is 17.7 Å². The van der Waals surface area contributed by atoms with Crippen molar-refractivity contribution in [3.63, 3.8) is 0 Å². The topological polar surface area (TPSA) is 59.3 Å². The van der Waals surface area contributed by atoms with Gasteiger partial charge >= 0.3 is 6.18 Å². The van der Waals surface area contributed by atoms with Gasteiger partial charge in [-0.25, -0.2) is 8.42 Å². The zero-order valence-electron chi connectivity index (χ0n) is 14.2. The molecule has 0 spiro atoms. The van der Waals surface area contributed by atoms with Crippen LogP contribution in [0, 0.1) is 6.92 Å². The lowest BCUT2D eigenvalue weighted by molar-refractivity contribution is -0.137. The zero-order chi connectivity index (χ0) is 19.7. The van der Waals surface area contributed by atoms with Gasteiger partial charge in [-0.1, -0.05) is 29.8 Å². The predicted octanol–water partition coefficient (Wildman–Crippen LogP) is 4.67. The number of benzene rings is 2. The summed E-state index contributed by atoms with van der Waals surface area (Å²) in [4.78, 5) is 0.0524. The second-order valence-corrected chi connectivity index (χ2v) is 7.72. The Hall–Kier alpha value is -2.58. The van der Waals surface area contributed by atoms with Crippen LogP contribution in [-0.2, 0) is 16.2 Å². The van der Waals surface area contributed by atoms with Crippen molar-refractivity contribution in [2.75, 3.05) is 0 Å². The van der Waals surface area contributed by atoms with E-state index in [1.54, 1.807) is 24.3 Å². The van der Waals surface area contributed by atoms with Crippen LogP contribution >= 0.6 is 0 Å². The second kappa shape index (κ2) is 7.21. The average Bonchev–Trinajstić information content (AvgIpc) is 3.14. The normalized spacial score (nSPS) is 13.5. The first kappa shape index (κ1) is 19.2. The molecule has 3 rings (SSSR count). The monoisotopic (exact) mass is 395 g/mol. The molecule has 0 radical (unpaired) electrons. The molecule has 142 valence electrons. The van der Waals surface area contributed by atoms with Crippen LogP contribution in [-0.4, -0.2) is 8.42 Å². The number of aryl methyl sites for hydroxylation is 1. The molecule has 0 unspecified atom stereocenters. The van der Waals surface area contributed by atoms with Crippen LogP contribution in [0.4, 0.5) is 13.2 Å². The van der Waals surface area contributed by atoms with Gasteiger partial charge in [0, 0.05) is 0 Å². The average molecular weight is 395 g/mol. The Bertz CT molecular complexity index is 994. The largest absolute Gasteiger partial charge is 0.467 e. The van der Waals surface area contributed by atoms with Crippen LogP contribution in [0.15, 0.2) is 76.2 Å². The van der Waals surface area contributed by atoms with Gasteiger partial charge in [0.05, 0.1) is 16.7 Å². The maximum atomic E-state index is 12.8. The van der Waals surface area contributed by atoms with Crippen LogP contribution in [0.25, 0.3) is 0 Å². The van der Waals surface area contributed by atoms with E-state index in [0.29, 0.717) is 5.56 Å². The van der Waals surface area contributed by atoms with E-state index in [1.165, 1.54) is 30.5 Å². The molecule has 0 amide bonds. The summed E-state index contributed by atoms with van der Waals surface area (Å²) in [6.07, 6.45) is -3.10. The number of rotatable bonds is 5. The van der Waals surface area contributed by atoms with Gasteiger partial charge in [-0.2, -0.15) is 17.9 Å². The Labute approximate surface area is 154 Å². The third-order valence-corrected chi connectivity index (χ3v) is 5.44. The molecular formula is C19H16F3NO3S. The highest BCUT2D eigenvalue weighted by Crippen LogP contribution is 2.31. The van der Waals surface area contributed by atoms with Gasteiger partial charge in [0.25, 0.3) is 0 Å². The summed E-state index contributed by atoms with van der Waals surface area (Å²) in [6, 6.07) is 12.7. The van der Waals surface area contributed by atoms with E-state index in [1.807, 2.05) is 6.92 Å². The number of hydrogen-bond acceptors (Lipinski definition) is 3. The van der Waals surface area contributed by atoms with Gasteiger partial charge in [-0.05, 0) is 48.9 Å². The first-order chi connectivity index (χ1) is 12.7. The number of furan rings is 1. The minimum Gasteiger partial charge on any atom is -0.467 e. The van der Waals surface area contributed by atoms with Crippen molar-refractivity contribution >= 4 is 10.0 Å². The maximum Gasteiger partial charge on any atom is 0.416 e. The zero-order valence-corrected chi connectivity index (χ0v) is 15.0. The Morgan fingerprint density at radius 2 is 1.59 bits per heavy atom. The molecule has 0 saturated heterocycles. The highest BCUT2D eigenvalue weighted by Gasteiger charge is 2.31. The van der Waals surface area contributed by atoms with E-state index >= 15 is 0 Å². The molecule has 0 bridgehead atoms. The van der Waals surface area contributed by atoms with E-state index < -0.39 is 27.8 Å². The lowest BCUT2D eigenvalue weighted by Crippen LogP contribution is -2.29. The van der Waals surface area contributed by atoms with Crippen molar-refractivity contribution in [2.45, 2.75) is 24.0 Å². The van der Waals surface area contributed by atoms with Crippen LogP contribution in [0.5, 0.6) is 0 Å². The predicted molar refractivity (Wildman–Crippen MR) is 93.5 cm³/mol. The molecule has 3 aromatic rings. The SMILES string of the molecule is Cc1ccc(S(=O)(=O)N[C@@H](c2ccc(C(F)(F)F)cc2)c2ccco2)cc1. The molecule has 27 heavy (non-hydrogen) atoms. The summed E-state index contributed by atoms with van der Waals surface area (Å²) < 4.78 is 71.6. The number of sulfonamides is 1. The first-order valence-electron chi connectivity index (χ1n) is 7.96. The second-order valence-electron chi connectivity index (χ2n) is 6.00. The van der Waals surface area contributed by atoms with Crippen molar-refractivity contribution in [3.8, 4) is 0 Å².